The van der Waals surface area contributed by atoms with Crippen LogP contribution in [0.5, 0.6) is 0 Å². The molecule has 0 aromatic heterocycles. The maximum absolute atomic E-state index is 13.0. The van der Waals surface area contributed by atoms with Crippen molar-refractivity contribution in [3.63, 3.8) is 0 Å². The normalized spacial score (nSPS) is 11.7. The van der Waals surface area contributed by atoms with Gasteiger partial charge >= 0.3 is 13.3 Å². The second-order valence-electron chi connectivity index (χ2n) is 2.69. The number of hydrogen-bond donors (Lipinski definition) is 2. The van der Waals surface area contributed by atoms with Gasteiger partial charge in [0.25, 0.3) is 0 Å². The molecule has 0 amide bonds. The SMILES string of the molecule is OB(O)c1c(F)ccc(C(F)(F)F)c1F. The Labute approximate surface area is 81.1 Å². The Morgan fingerprint density at radius 2 is 1.60 bits per heavy atom. The molecule has 0 heterocycles. The highest BCUT2D eigenvalue weighted by atomic mass is 19.4. The minimum atomic E-state index is -5.01. The van der Waals surface area contributed by atoms with Crippen molar-refractivity contribution in [2.45, 2.75) is 6.18 Å². The van der Waals surface area contributed by atoms with Crippen LogP contribution in [-0.2, 0) is 6.18 Å². The van der Waals surface area contributed by atoms with Gasteiger partial charge in [-0.25, -0.2) is 8.78 Å². The van der Waals surface area contributed by atoms with Crippen molar-refractivity contribution < 1.29 is 32.0 Å². The third kappa shape index (κ3) is 2.27. The summed E-state index contributed by atoms with van der Waals surface area (Å²) >= 11 is 0. The minimum absolute atomic E-state index is 0.191. The molecule has 2 N–H and O–H groups in total. The van der Waals surface area contributed by atoms with Crippen LogP contribution in [0.3, 0.4) is 0 Å². The molecule has 0 aliphatic heterocycles. The predicted molar refractivity (Wildman–Crippen MR) is 41.2 cm³/mol. The molecule has 8 heteroatoms. The molecule has 82 valence electrons. The molecule has 1 aromatic carbocycles. The zero-order valence-corrected chi connectivity index (χ0v) is 7.02. The molecule has 15 heavy (non-hydrogen) atoms. The average Bonchev–Trinajstić information content (AvgIpc) is 2.00. The monoisotopic (exact) mass is 226 g/mol. The van der Waals surface area contributed by atoms with Gasteiger partial charge in [-0.15, -0.1) is 0 Å². The molecule has 0 aliphatic carbocycles. The number of alkyl halides is 3. The van der Waals surface area contributed by atoms with E-state index < -0.39 is 36.0 Å². The van der Waals surface area contributed by atoms with E-state index in [2.05, 4.69) is 0 Å². The highest BCUT2D eigenvalue weighted by Gasteiger charge is 2.37. The lowest BCUT2D eigenvalue weighted by Crippen LogP contribution is -2.37. The summed E-state index contributed by atoms with van der Waals surface area (Å²) in [6, 6.07) is 0.511. The summed E-state index contributed by atoms with van der Waals surface area (Å²) in [5.41, 5.74) is -3.16. The Morgan fingerprint density at radius 1 is 1.07 bits per heavy atom. The van der Waals surface area contributed by atoms with Crippen molar-refractivity contribution in [3.8, 4) is 0 Å². The third-order valence-electron chi connectivity index (χ3n) is 1.69. The van der Waals surface area contributed by atoms with E-state index in [-0.39, 0.29) is 6.07 Å². The lowest BCUT2D eigenvalue weighted by Gasteiger charge is -2.11. The Morgan fingerprint density at radius 3 is 2.00 bits per heavy atom. The van der Waals surface area contributed by atoms with E-state index in [0.29, 0.717) is 6.07 Å². The Bertz CT molecular complexity index is 376. The molecular weight excluding hydrogens is 222 g/mol. The summed E-state index contributed by atoms with van der Waals surface area (Å²) in [5.74, 6) is -3.46. The number of halogens is 5. The average molecular weight is 226 g/mol. The van der Waals surface area contributed by atoms with Gasteiger partial charge in [-0.1, -0.05) is 0 Å². The van der Waals surface area contributed by atoms with Gasteiger partial charge < -0.3 is 10.0 Å². The number of rotatable bonds is 1. The molecule has 0 bridgehead atoms. The van der Waals surface area contributed by atoms with E-state index in [9.17, 15) is 22.0 Å². The van der Waals surface area contributed by atoms with Crippen LogP contribution in [0.2, 0.25) is 0 Å². The van der Waals surface area contributed by atoms with E-state index in [1.165, 1.54) is 0 Å². The van der Waals surface area contributed by atoms with Crippen LogP contribution >= 0.6 is 0 Å². The fraction of sp³-hybridized carbons (Fsp3) is 0.143. The quantitative estimate of drug-likeness (QED) is 0.545. The standard InChI is InChI=1S/C7H4BF5O2/c9-4-2-1-3(7(11,12)13)6(10)5(4)8(14)15/h1-2,14-15H. The van der Waals surface area contributed by atoms with Crippen molar-refractivity contribution in [1.29, 1.82) is 0 Å². The van der Waals surface area contributed by atoms with Crippen molar-refractivity contribution >= 4 is 12.6 Å². The summed E-state index contributed by atoms with van der Waals surface area (Å²) in [6.45, 7) is 0. The largest absolute Gasteiger partial charge is 0.494 e. The molecule has 2 nitrogen and oxygen atoms in total. The van der Waals surface area contributed by atoms with Gasteiger partial charge in [0.05, 0.1) is 11.0 Å². The van der Waals surface area contributed by atoms with E-state index in [4.69, 9.17) is 10.0 Å². The first-order valence-electron chi connectivity index (χ1n) is 3.66. The van der Waals surface area contributed by atoms with Crippen molar-refractivity contribution in [2.24, 2.45) is 0 Å². The molecule has 0 saturated heterocycles. The van der Waals surface area contributed by atoms with Crippen molar-refractivity contribution in [1.82, 2.24) is 0 Å². The number of benzene rings is 1. The molecule has 0 spiro atoms. The third-order valence-corrected chi connectivity index (χ3v) is 1.69. The van der Waals surface area contributed by atoms with Crippen molar-refractivity contribution in [3.05, 3.63) is 29.3 Å². The second-order valence-corrected chi connectivity index (χ2v) is 2.69. The smallest absolute Gasteiger partial charge is 0.423 e. The van der Waals surface area contributed by atoms with Crippen LogP contribution in [0.25, 0.3) is 0 Å². The van der Waals surface area contributed by atoms with E-state index in [0.717, 1.165) is 0 Å². The molecule has 1 rings (SSSR count). The zero-order chi connectivity index (χ0) is 11.8. The molecule has 1 aromatic rings. The maximum Gasteiger partial charge on any atom is 0.494 e. The first-order valence-corrected chi connectivity index (χ1v) is 3.66. The lowest BCUT2D eigenvalue weighted by molar-refractivity contribution is -0.139. The molecular formula is C7H4BF5O2. The molecule has 0 atom stereocenters. The first-order chi connectivity index (χ1) is 6.75. The second kappa shape index (κ2) is 3.78. The van der Waals surface area contributed by atoms with Crippen LogP contribution < -0.4 is 5.46 Å². The molecule has 0 unspecified atom stereocenters. The van der Waals surface area contributed by atoms with Gasteiger partial charge in [-0.05, 0) is 12.1 Å². The van der Waals surface area contributed by atoms with Crippen molar-refractivity contribution in [2.75, 3.05) is 0 Å². The van der Waals surface area contributed by atoms with Crippen LogP contribution in [0.15, 0.2) is 12.1 Å². The van der Waals surface area contributed by atoms with Gasteiger partial charge in [0.1, 0.15) is 11.6 Å². The van der Waals surface area contributed by atoms with E-state index in [1.54, 1.807) is 0 Å². The van der Waals surface area contributed by atoms with Gasteiger partial charge in [-0.3, -0.25) is 0 Å². The van der Waals surface area contributed by atoms with Crippen LogP contribution in [0.4, 0.5) is 22.0 Å². The van der Waals surface area contributed by atoms with Gasteiger partial charge in [-0.2, -0.15) is 13.2 Å². The summed E-state index contributed by atoms with van der Waals surface area (Å²) in [5, 5.41) is 17.0. The number of hydrogen-bond acceptors (Lipinski definition) is 2. The fourth-order valence-corrected chi connectivity index (χ4v) is 1.02. The van der Waals surface area contributed by atoms with E-state index >= 15 is 0 Å². The zero-order valence-electron chi connectivity index (χ0n) is 7.02. The highest BCUT2D eigenvalue weighted by Crippen LogP contribution is 2.30. The molecule has 0 radical (unpaired) electrons. The first kappa shape index (κ1) is 11.9. The molecule has 0 saturated carbocycles. The summed E-state index contributed by atoms with van der Waals surface area (Å²) in [6.07, 6.45) is -5.01. The highest BCUT2D eigenvalue weighted by molar-refractivity contribution is 6.58. The fourth-order valence-electron chi connectivity index (χ4n) is 1.02. The van der Waals surface area contributed by atoms with E-state index in [1.807, 2.05) is 0 Å². The topological polar surface area (TPSA) is 40.5 Å². The van der Waals surface area contributed by atoms with Gasteiger partial charge in [0.15, 0.2) is 0 Å². The summed E-state index contributed by atoms with van der Waals surface area (Å²) in [7, 11) is -2.63. The van der Waals surface area contributed by atoms with Gasteiger partial charge in [0, 0.05) is 0 Å². The Balaban J connectivity index is 3.42. The molecule has 0 fully saturated rings. The Kier molecular flexibility index (Phi) is 3.01. The predicted octanol–water partition coefficient (Wildman–Crippen LogP) is 0.663. The Hall–Kier alpha value is -1.15. The summed E-state index contributed by atoms with van der Waals surface area (Å²) < 4.78 is 62.0. The molecule has 0 aliphatic rings. The van der Waals surface area contributed by atoms with Crippen LogP contribution in [0.1, 0.15) is 5.56 Å². The lowest BCUT2D eigenvalue weighted by atomic mass is 9.78. The minimum Gasteiger partial charge on any atom is -0.423 e. The van der Waals surface area contributed by atoms with Crippen LogP contribution in [0, 0.1) is 11.6 Å². The van der Waals surface area contributed by atoms with Crippen LogP contribution in [-0.4, -0.2) is 17.2 Å². The van der Waals surface area contributed by atoms with Gasteiger partial charge in [0.2, 0.25) is 0 Å². The summed E-state index contributed by atoms with van der Waals surface area (Å²) in [4.78, 5) is 0. The maximum atomic E-state index is 13.0.